The first-order valence-electron chi connectivity index (χ1n) is 7.40. The van der Waals surface area contributed by atoms with E-state index in [4.69, 9.17) is 0 Å². The van der Waals surface area contributed by atoms with Gasteiger partial charge in [0.1, 0.15) is 0 Å². The average Bonchev–Trinajstić information content (AvgIpc) is 2.82. The van der Waals surface area contributed by atoms with Crippen LogP contribution in [0.15, 0.2) is 48.5 Å². The minimum absolute atomic E-state index is 0.0522. The van der Waals surface area contributed by atoms with E-state index in [-0.39, 0.29) is 17.9 Å². The molecule has 1 amide bonds. The maximum atomic E-state index is 12.8. The van der Waals surface area contributed by atoms with Gasteiger partial charge in [-0.2, -0.15) is 0 Å². The molecule has 2 aromatic carbocycles. The van der Waals surface area contributed by atoms with Gasteiger partial charge in [0.2, 0.25) is 0 Å². The van der Waals surface area contributed by atoms with Crippen LogP contribution in [-0.2, 0) is 0 Å². The Balaban J connectivity index is 1.98. The van der Waals surface area contributed by atoms with E-state index in [2.05, 4.69) is 0 Å². The molecule has 0 spiro atoms. The summed E-state index contributed by atoms with van der Waals surface area (Å²) in [6, 6.07) is 15.6. The van der Waals surface area contributed by atoms with Crippen molar-refractivity contribution in [3.8, 4) is 0 Å². The van der Waals surface area contributed by atoms with Crippen LogP contribution in [0.2, 0.25) is 0 Å². The van der Waals surface area contributed by atoms with Gasteiger partial charge in [-0.25, -0.2) is 0 Å². The van der Waals surface area contributed by atoms with Crippen LogP contribution in [0.1, 0.15) is 52.0 Å². The Morgan fingerprint density at radius 2 is 1.62 bits per heavy atom. The van der Waals surface area contributed by atoms with Crippen LogP contribution in [0, 0.1) is 0 Å². The first-order valence-corrected chi connectivity index (χ1v) is 7.40. The minimum Gasteiger partial charge on any atom is -0.388 e. The van der Waals surface area contributed by atoms with E-state index in [1.54, 1.807) is 0 Å². The lowest BCUT2D eigenvalue weighted by Crippen LogP contribution is -2.41. The molecule has 0 fully saturated rings. The number of likely N-dealkylation sites (N-methyl/N-ethyl adjacent to an activating group) is 1. The number of hydrogen-bond acceptors (Lipinski definition) is 2. The molecule has 2 aliphatic rings. The summed E-state index contributed by atoms with van der Waals surface area (Å²) in [6.07, 6.45) is -0.547. The van der Waals surface area contributed by atoms with Crippen molar-refractivity contribution in [3.05, 3.63) is 70.8 Å². The van der Waals surface area contributed by atoms with Gasteiger partial charge in [-0.1, -0.05) is 42.5 Å². The Labute approximate surface area is 123 Å². The second kappa shape index (κ2) is 4.43. The highest BCUT2D eigenvalue weighted by atomic mass is 16.3. The van der Waals surface area contributed by atoms with Crippen molar-refractivity contribution in [2.45, 2.75) is 25.0 Å². The predicted molar refractivity (Wildman–Crippen MR) is 80.0 cm³/mol. The van der Waals surface area contributed by atoms with Crippen molar-refractivity contribution in [1.82, 2.24) is 4.90 Å². The van der Waals surface area contributed by atoms with Crippen molar-refractivity contribution in [2.75, 3.05) is 6.54 Å². The van der Waals surface area contributed by atoms with E-state index in [1.807, 2.05) is 60.4 Å². The van der Waals surface area contributed by atoms with E-state index in [1.165, 1.54) is 0 Å². The number of carbonyl (C=O) groups excluding carboxylic acids is 1. The largest absolute Gasteiger partial charge is 0.388 e. The second-order valence-corrected chi connectivity index (χ2v) is 5.72. The Kier molecular flexibility index (Phi) is 2.66. The molecule has 0 radical (unpaired) electrons. The molecular formula is C18H17NO2. The maximum Gasteiger partial charge on any atom is 0.254 e. The van der Waals surface area contributed by atoms with Gasteiger partial charge in [0, 0.05) is 18.0 Å². The lowest BCUT2D eigenvalue weighted by Gasteiger charge is -2.39. The van der Waals surface area contributed by atoms with E-state index in [0.717, 1.165) is 22.3 Å². The summed E-state index contributed by atoms with van der Waals surface area (Å²) >= 11 is 0. The first-order chi connectivity index (χ1) is 10.2. The zero-order chi connectivity index (χ0) is 14.6. The molecule has 1 heterocycles. The molecule has 4 rings (SSSR count). The summed E-state index contributed by atoms with van der Waals surface area (Å²) < 4.78 is 0. The second-order valence-electron chi connectivity index (χ2n) is 5.72. The molecule has 0 bridgehead atoms. The van der Waals surface area contributed by atoms with Crippen molar-refractivity contribution in [3.63, 3.8) is 0 Å². The van der Waals surface area contributed by atoms with Crippen LogP contribution in [0.25, 0.3) is 0 Å². The molecule has 21 heavy (non-hydrogen) atoms. The van der Waals surface area contributed by atoms with Gasteiger partial charge in [0.25, 0.3) is 5.91 Å². The fourth-order valence-electron chi connectivity index (χ4n) is 3.91. The highest BCUT2D eigenvalue weighted by molar-refractivity contribution is 5.98. The van der Waals surface area contributed by atoms with Crippen LogP contribution < -0.4 is 0 Å². The Morgan fingerprint density at radius 1 is 1.00 bits per heavy atom. The van der Waals surface area contributed by atoms with Crippen LogP contribution >= 0.6 is 0 Å². The predicted octanol–water partition coefficient (Wildman–Crippen LogP) is 3.03. The topological polar surface area (TPSA) is 40.5 Å². The minimum atomic E-state index is -0.547. The zero-order valence-corrected chi connectivity index (χ0v) is 11.9. The van der Waals surface area contributed by atoms with Gasteiger partial charge in [-0.3, -0.25) is 4.79 Å². The molecule has 3 nitrogen and oxygen atoms in total. The quantitative estimate of drug-likeness (QED) is 0.871. The van der Waals surface area contributed by atoms with E-state index in [9.17, 15) is 9.90 Å². The van der Waals surface area contributed by atoms with Crippen LogP contribution in [0.5, 0.6) is 0 Å². The number of nitrogens with zero attached hydrogens (tertiary/aromatic N) is 1. The molecule has 1 aliphatic carbocycles. The van der Waals surface area contributed by atoms with Gasteiger partial charge in [0.15, 0.2) is 0 Å². The smallest absolute Gasteiger partial charge is 0.254 e. The van der Waals surface area contributed by atoms with Gasteiger partial charge in [0.05, 0.1) is 12.1 Å². The molecule has 3 heteroatoms. The summed E-state index contributed by atoms with van der Waals surface area (Å²) in [4.78, 5) is 14.6. The van der Waals surface area contributed by atoms with E-state index in [0.29, 0.717) is 6.54 Å². The lowest BCUT2D eigenvalue weighted by molar-refractivity contribution is 0.0527. The van der Waals surface area contributed by atoms with Crippen LogP contribution in [0.4, 0.5) is 0 Å². The highest BCUT2D eigenvalue weighted by Crippen LogP contribution is 2.55. The number of fused-ring (bicyclic) bond motifs is 5. The lowest BCUT2D eigenvalue weighted by atomic mass is 9.82. The zero-order valence-electron chi connectivity index (χ0n) is 11.9. The number of aliphatic hydroxyl groups excluding tert-OH is 1. The van der Waals surface area contributed by atoms with Gasteiger partial charge < -0.3 is 10.0 Å². The van der Waals surface area contributed by atoms with Crippen molar-refractivity contribution in [2.24, 2.45) is 0 Å². The Bertz CT molecular complexity index is 725. The molecule has 1 N–H and O–H groups in total. The number of aliphatic hydroxyl groups is 1. The van der Waals surface area contributed by atoms with Crippen LogP contribution in [-0.4, -0.2) is 22.5 Å². The molecular weight excluding hydrogens is 262 g/mol. The summed E-state index contributed by atoms with van der Waals surface area (Å²) in [6.45, 7) is 2.64. The van der Waals surface area contributed by atoms with Gasteiger partial charge >= 0.3 is 0 Å². The SMILES string of the molecule is CCN1C(=O)c2ccccc2[C@@H]2[C@H]1c1ccccc1[C@@H]2O. The fraction of sp³-hybridized carbons (Fsp3) is 0.278. The Morgan fingerprint density at radius 3 is 2.33 bits per heavy atom. The van der Waals surface area contributed by atoms with Crippen LogP contribution in [0.3, 0.4) is 0 Å². The van der Waals surface area contributed by atoms with Crippen molar-refractivity contribution in [1.29, 1.82) is 0 Å². The summed E-state index contributed by atoms with van der Waals surface area (Å²) in [5.41, 5.74) is 3.74. The van der Waals surface area contributed by atoms with Gasteiger partial charge in [-0.05, 0) is 29.7 Å². The summed E-state index contributed by atoms with van der Waals surface area (Å²) in [5, 5.41) is 10.8. The third-order valence-electron chi connectivity index (χ3n) is 4.80. The third kappa shape index (κ3) is 1.55. The van der Waals surface area contributed by atoms with Crippen molar-refractivity contribution >= 4 is 5.91 Å². The first kappa shape index (κ1) is 12.6. The van der Waals surface area contributed by atoms with E-state index >= 15 is 0 Å². The maximum absolute atomic E-state index is 12.8. The van der Waals surface area contributed by atoms with Gasteiger partial charge in [-0.15, -0.1) is 0 Å². The van der Waals surface area contributed by atoms with E-state index < -0.39 is 6.10 Å². The third-order valence-corrected chi connectivity index (χ3v) is 4.80. The Hall–Kier alpha value is -2.13. The number of carbonyl (C=O) groups is 1. The number of benzene rings is 2. The fourth-order valence-corrected chi connectivity index (χ4v) is 3.91. The van der Waals surface area contributed by atoms with Crippen molar-refractivity contribution < 1.29 is 9.90 Å². The summed E-state index contributed by atoms with van der Waals surface area (Å²) in [7, 11) is 0. The highest BCUT2D eigenvalue weighted by Gasteiger charge is 2.48. The standard InChI is InChI=1S/C18H17NO2/c1-2-19-16-12-8-4-5-9-13(12)17(20)15(16)11-7-3-6-10-14(11)18(19)21/h3-10,15-17,20H,2H2,1H3/t15-,16-,17+/m1/s1. The molecule has 2 aromatic rings. The average molecular weight is 279 g/mol. The number of hydrogen-bond donors (Lipinski definition) is 1. The molecule has 1 aliphatic heterocycles. The molecule has 3 atom stereocenters. The molecule has 0 unspecified atom stereocenters. The normalized spacial score (nSPS) is 26.3. The molecule has 0 saturated carbocycles. The monoisotopic (exact) mass is 279 g/mol. The number of rotatable bonds is 1. The molecule has 0 aromatic heterocycles. The molecule has 0 saturated heterocycles. The summed E-state index contributed by atoms with van der Waals surface area (Å²) in [5.74, 6) is 0.00880. The number of amides is 1. The molecule has 106 valence electrons.